The van der Waals surface area contributed by atoms with Crippen LogP contribution in [0.15, 0.2) is 28.7 Å². The number of carbonyl (C=O) groups is 1. The molecule has 0 bridgehead atoms. The quantitative estimate of drug-likeness (QED) is 0.793. The molecule has 0 aliphatic heterocycles. The van der Waals surface area contributed by atoms with Crippen molar-refractivity contribution >= 4 is 21.8 Å². The smallest absolute Gasteiger partial charge is 0.256 e. The lowest BCUT2D eigenvalue weighted by molar-refractivity contribution is 0.0794. The van der Waals surface area contributed by atoms with Crippen molar-refractivity contribution in [1.29, 1.82) is 10.5 Å². The van der Waals surface area contributed by atoms with Crippen molar-refractivity contribution in [2.24, 2.45) is 0 Å². The van der Waals surface area contributed by atoms with E-state index in [-0.39, 0.29) is 19.0 Å². The number of hydrogen-bond acceptors (Lipinski definition) is 3. The van der Waals surface area contributed by atoms with Crippen LogP contribution in [0.3, 0.4) is 0 Å². The summed E-state index contributed by atoms with van der Waals surface area (Å²) in [6.07, 6.45) is 0. The fourth-order valence-corrected chi connectivity index (χ4v) is 1.63. The van der Waals surface area contributed by atoms with Gasteiger partial charge >= 0.3 is 0 Å². The van der Waals surface area contributed by atoms with Crippen LogP contribution in [-0.4, -0.2) is 23.9 Å². The monoisotopic (exact) mass is 277 g/mol. The van der Waals surface area contributed by atoms with Crippen molar-refractivity contribution in [3.05, 3.63) is 34.3 Å². The van der Waals surface area contributed by atoms with Crippen LogP contribution in [0.1, 0.15) is 10.4 Å². The highest BCUT2D eigenvalue weighted by atomic mass is 79.9. The minimum atomic E-state index is -0.324. The molecule has 0 aliphatic rings. The molecule has 0 heterocycles. The van der Waals surface area contributed by atoms with E-state index in [1.807, 2.05) is 12.1 Å². The van der Waals surface area contributed by atoms with Crippen molar-refractivity contribution in [3.63, 3.8) is 0 Å². The van der Waals surface area contributed by atoms with Crippen LogP contribution < -0.4 is 0 Å². The number of nitriles is 2. The van der Waals surface area contributed by atoms with E-state index in [4.69, 9.17) is 10.5 Å². The van der Waals surface area contributed by atoms with Gasteiger partial charge in [0.25, 0.3) is 5.91 Å². The normalized spacial score (nSPS) is 8.94. The number of rotatable bonds is 3. The molecule has 0 unspecified atom stereocenters. The van der Waals surface area contributed by atoms with E-state index in [1.165, 1.54) is 4.90 Å². The third kappa shape index (κ3) is 2.82. The van der Waals surface area contributed by atoms with E-state index in [0.717, 1.165) is 0 Å². The zero-order valence-corrected chi connectivity index (χ0v) is 9.94. The molecule has 0 aliphatic carbocycles. The molecular formula is C11H8BrN3O. The van der Waals surface area contributed by atoms with Gasteiger partial charge in [-0.3, -0.25) is 4.79 Å². The third-order valence-electron chi connectivity index (χ3n) is 1.91. The van der Waals surface area contributed by atoms with Crippen LogP contribution in [0.4, 0.5) is 0 Å². The van der Waals surface area contributed by atoms with Crippen LogP contribution in [-0.2, 0) is 0 Å². The van der Waals surface area contributed by atoms with E-state index in [0.29, 0.717) is 10.0 Å². The van der Waals surface area contributed by atoms with Crippen molar-refractivity contribution in [2.75, 3.05) is 13.1 Å². The molecule has 4 nitrogen and oxygen atoms in total. The Morgan fingerprint density at radius 1 is 1.25 bits per heavy atom. The molecule has 80 valence electrons. The molecule has 1 amide bonds. The van der Waals surface area contributed by atoms with Gasteiger partial charge in [-0.25, -0.2) is 0 Å². The van der Waals surface area contributed by atoms with E-state index < -0.39 is 0 Å². The highest BCUT2D eigenvalue weighted by molar-refractivity contribution is 9.10. The van der Waals surface area contributed by atoms with E-state index in [9.17, 15) is 4.79 Å². The number of hydrogen-bond donors (Lipinski definition) is 0. The Balaban J connectivity index is 2.96. The summed E-state index contributed by atoms with van der Waals surface area (Å²) in [6, 6.07) is 10.6. The van der Waals surface area contributed by atoms with Gasteiger partial charge in [0.1, 0.15) is 13.1 Å². The SMILES string of the molecule is N#CCN(CC#N)C(=O)c1ccccc1Br. The Bertz CT molecular complexity index is 457. The molecule has 0 aromatic heterocycles. The second-order valence-electron chi connectivity index (χ2n) is 2.96. The molecule has 0 N–H and O–H groups in total. The summed E-state index contributed by atoms with van der Waals surface area (Å²) in [4.78, 5) is 13.1. The topological polar surface area (TPSA) is 67.9 Å². The van der Waals surface area contributed by atoms with Gasteiger partial charge in [-0.15, -0.1) is 0 Å². The van der Waals surface area contributed by atoms with Crippen molar-refractivity contribution in [2.45, 2.75) is 0 Å². The third-order valence-corrected chi connectivity index (χ3v) is 2.61. The Hall–Kier alpha value is -1.85. The summed E-state index contributed by atoms with van der Waals surface area (Å²) < 4.78 is 0.654. The van der Waals surface area contributed by atoms with E-state index in [2.05, 4.69) is 15.9 Å². The highest BCUT2D eigenvalue weighted by Crippen LogP contribution is 2.17. The Kier molecular flexibility index (Phi) is 4.50. The number of benzene rings is 1. The maximum absolute atomic E-state index is 11.9. The van der Waals surface area contributed by atoms with Crippen LogP contribution in [0.25, 0.3) is 0 Å². The molecule has 1 aromatic rings. The lowest BCUT2D eigenvalue weighted by atomic mass is 10.2. The maximum Gasteiger partial charge on any atom is 0.256 e. The standard InChI is InChI=1S/C11H8BrN3O/c12-10-4-2-1-3-9(10)11(16)15(7-5-13)8-6-14/h1-4H,7-8H2. The summed E-state index contributed by atoms with van der Waals surface area (Å²) in [5, 5.41) is 17.1. The Morgan fingerprint density at radius 2 is 1.81 bits per heavy atom. The molecule has 1 rings (SSSR count). The minimum absolute atomic E-state index is 0.0896. The summed E-state index contributed by atoms with van der Waals surface area (Å²) in [5.74, 6) is -0.324. The van der Waals surface area contributed by atoms with Crippen molar-refractivity contribution in [1.82, 2.24) is 4.90 Å². The number of amides is 1. The van der Waals surface area contributed by atoms with E-state index >= 15 is 0 Å². The molecule has 1 aromatic carbocycles. The largest absolute Gasteiger partial charge is 0.312 e. The summed E-state index contributed by atoms with van der Waals surface area (Å²) in [6.45, 7) is -0.179. The Morgan fingerprint density at radius 3 is 2.31 bits per heavy atom. The Labute approximate surface area is 102 Å². The van der Waals surface area contributed by atoms with Gasteiger partial charge in [0, 0.05) is 4.47 Å². The first-order valence-corrected chi connectivity index (χ1v) is 5.27. The highest BCUT2D eigenvalue weighted by Gasteiger charge is 2.16. The fourth-order valence-electron chi connectivity index (χ4n) is 1.18. The predicted molar refractivity (Wildman–Crippen MR) is 61.3 cm³/mol. The molecule has 0 saturated carbocycles. The zero-order chi connectivity index (χ0) is 12.0. The van der Waals surface area contributed by atoms with E-state index in [1.54, 1.807) is 24.3 Å². The van der Waals surface area contributed by atoms with Gasteiger partial charge in [-0.2, -0.15) is 10.5 Å². The second kappa shape index (κ2) is 5.89. The number of halogens is 1. The maximum atomic E-state index is 11.9. The van der Waals surface area contributed by atoms with Crippen molar-refractivity contribution in [3.8, 4) is 12.1 Å². The first-order chi connectivity index (χ1) is 7.70. The first-order valence-electron chi connectivity index (χ1n) is 4.48. The number of carbonyl (C=O) groups excluding carboxylic acids is 1. The van der Waals surface area contributed by atoms with Gasteiger partial charge in [0.2, 0.25) is 0 Å². The predicted octanol–water partition coefficient (Wildman–Crippen LogP) is 1.94. The van der Waals surface area contributed by atoms with Crippen LogP contribution in [0, 0.1) is 22.7 Å². The van der Waals surface area contributed by atoms with Gasteiger partial charge in [0.15, 0.2) is 0 Å². The molecule has 0 spiro atoms. The molecule has 16 heavy (non-hydrogen) atoms. The van der Waals surface area contributed by atoms with Gasteiger partial charge < -0.3 is 4.90 Å². The van der Waals surface area contributed by atoms with Crippen LogP contribution in [0.5, 0.6) is 0 Å². The average molecular weight is 278 g/mol. The van der Waals surface area contributed by atoms with Gasteiger partial charge in [-0.05, 0) is 28.1 Å². The van der Waals surface area contributed by atoms with Crippen molar-refractivity contribution < 1.29 is 4.79 Å². The summed E-state index contributed by atoms with van der Waals surface area (Å²) >= 11 is 3.25. The van der Waals surface area contributed by atoms with Gasteiger partial charge in [-0.1, -0.05) is 12.1 Å². The lowest BCUT2D eigenvalue weighted by Gasteiger charge is -2.16. The summed E-state index contributed by atoms with van der Waals surface area (Å²) in [7, 11) is 0. The van der Waals surface area contributed by atoms with Crippen LogP contribution >= 0.6 is 15.9 Å². The minimum Gasteiger partial charge on any atom is -0.312 e. The molecule has 0 atom stereocenters. The van der Waals surface area contributed by atoms with Gasteiger partial charge in [0.05, 0.1) is 17.7 Å². The summed E-state index contributed by atoms with van der Waals surface area (Å²) in [5.41, 5.74) is 0.452. The molecule has 0 saturated heterocycles. The molecule has 5 heteroatoms. The van der Waals surface area contributed by atoms with Crippen LogP contribution in [0.2, 0.25) is 0 Å². The number of nitrogens with zero attached hydrogens (tertiary/aromatic N) is 3. The average Bonchev–Trinajstić information content (AvgIpc) is 2.28. The molecular weight excluding hydrogens is 270 g/mol. The second-order valence-corrected chi connectivity index (χ2v) is 3.81. The zero-order valence-electron chi connectivity index (χ0n) is 8.35. The molecule has 0 fully saturated rings. The fraction of sp³-hybridized carbons (Fsp3) is 0.182. The lowest BCUT2D eigenvalue weighted by Crippen LogP contribution is -2.31. The molecule has 0 radical (unpaired) electrons. The first kappa shape index (κ1) is 12.2.